The number of benzene rings is 2. The van der Waals surface area contributed by atoms with Crippen LogP contribution in [0.1, 0.15) is 15.9 Å². The van der Waals surface area contributed by atoms with Gasteiger partial charge in [-0.3, -0.25) is 9.59 Å². The van der Waals surface area contributed by atoms with E-state index in [2.05, 4.69) is 15.6 Å². The molecule has 1 aromatic heterocycles. The molecule has 0 atom stereocenters. The summed E-state index contributed by atoms with van der Waals surface area (Å²) in [4.78, 5) is 28.3. The van der Waals surface area contributed by atoms with Crippen LogP contribution in [0.2, 0.25) is 0 Å². The predicted octanol–water partition coefficient (Wildman–Crippen LogP) is 3.70. The van der Waals surface area contributed by atoms with Gasteiger partial charge in [-0.05, 0) is 42.8 Å². The molecule has 0 saturated carbocycles. The van der Waals surface area contributed by atoms with Crippen LogP contribution in [-0.2, 0) is 4.79 Å². The zero-order valence-electron chi connectivity index (χ0n) is 13.8. The van der Waals surface area contributed by atoms with Gasteiger partial charge in [0.05, 0.1) is 16.0 Å². The standard InChI is InChI=1S/C18H17N3O2S2/c1-11-9-12(17(23)19-2)7-8-13(11)20-16(22)10-24-18-21-14-5-3-4-6-15(14)25-18/h3-9H,10H2,1-2H3,(H,19,23)(H,20,22). The maximum Gasteiger partial charge on any atom is 0.251 e. The maximum absolute atomic E-state index is 12.2. The van der Waals surface area contributed by atoms with Gasteiger partial charge in [-0.2, -0.15) is 0 Å². The Morgan fingerprint density at radius 2 is 2.00 bits per heavy atom. The number of rotatable bonds is 5. The number of nitrogens with zero attached hydrogens (tertiary/aromatic N) is 1. The third-order valence-corrected chi connectivity index (χ3v) is 5.77. The molecule has 25 heavy (non-hydrogen) atoms. The van der Waals surface area contributed by atoms with Gasteiger partial charge in [0.15, 0.2) is 4.34 Å². The van der Waals surface area contributed by atoms with E-state index in [1.807, 2.05) is 31.2 Å². The quantitative estimate of drug-likeness (QED) is 0.671. The molecule has 2 N–H and O–H groups in total. The lowest BCUT2D eigenvalue weighted by molar-refractivity contribution is -0.113. The summed E-state index contributed by atoms with van der Waals surface area (Å²) < 4.78 is 1.99. The van der Waals surface area contributed by atoms with Crippen LogP contribution in [0.25, 0.3) is 10.2 Å². The van der Waals surface area contributed by atoms with Crippen molar-refractivity contribution in [3.63, 3.8) is 0 Å². The Bertz CT molecular complexity index is 904. The number of carbonyl (C=O) groups excluding carboxylic acids is 2. The average molecular weight is 371 g/mol. The summed E-state index contributed by atoms with van der Waals surface area (Å²) in [5, 5.41) is 5.47. The fourth-order valence-electron chi connectivity index (χ4n) is 2.32. The lowest BCUT2D eigenvalue weighted by Crippen LogP contribution is -2.19. The van der Waals surface area contributed by atoms with Crippen molar-refractivity contribution < 1.29 is 9.59 Å². The zero-order chi connectivity index (χ0) is 17.8. The van der Waals surface area contributed by atoms with E-state index in [1.165, 1.54) is 11.8 Å². The molecule has 1 heterocycles. The molecule has 2 aromatic carbocycles. The van der Waals surface area contributed by atoms with Crippen molar-refractivity contribution in [2.45, 2.75) is 11.3 Å². The number of amides is 2. The number of aromatic nitrogens is 1. The van der Waals surface area contributed by atoms with Crippen molar-refractivity contribution in [3.8, 4) is 0 Å². The van der Waals surface area contributed by atoms with Gasteiger partial charge in [-0.25, -0.2) is 4.98 Å². The van der Waals surface area contributed by atoms with Gasteiger partial charge in [0.25, 0.3) is 5.91 Å². The first kappa shape index (κ1) is 17.4. The Kier molecular flexibility index (Phi) is 5.35. The lowest BCUT2D eigenvalue weighted by Gasteiger charge is -2.09. The summed E-state index contributed by atoms with van der Waals surface area (Å²) in [6.45, 7) is 1.86. The van der Waals surface area contributed by atoms with E-state index in [9.17, 15) is 9.59 Å². The van der Waals surface area contributed by atoms with E-state index in [-0.39, 0.29) is 17.6 Å². The van der Waals surface area contributed by atoms with E-state index in [0.29, 0.717) is 11.3 Å². The molecule has 5 nitrogen and oxygen atoms in total. The number of thioether (sulfide) groups is 1. The molecule has 0 aliphatic heterocycles. The van der Waals surface area contributed by atoms with Crippen molar-refractivity contribution in [3.05, 3.63) is 53.6 Å². The molecule has 2 amide bonds. The molecule has 3 rings (SSSR count). The number of hydrogen-bond acceptors (Lipinski definition) is 5. The van der Waals surface area contributed by atoms with Crippen LogP contribution >= 0.6 is 23.1 Å². The number of aryl methyl sites for hydroxylation is 1. The van der Waals surface area contributed by atoms with E-state index in [1.54, 1.807) is 36.6 Å². The van der Waals surface area contributed by atoms with Gasteiger partial charge in [-0.15, -0.1) is 11.3 Å². The van der Waals surface area contributed by atoms with E-state index in [4.69, 9.17) is 0 Å². The minimum absolute atomic E-state index is 0.0972. The summed E-state index contributed by atoms with van der Waals surface area (Å²) in [5.74, 6) is 0.0450. The number of nitrogens with one attached hydrogen (secondary N) is 2. The van der Waals surface area contributed by atoms with Crippen LogP contribution in [0.15, 0.2) is 46.8 Å². The highest BCUT2D eigenvalue weighted by molar-refractivity contribution is 8.01. The Balaban J connectivity index is 1.61. The molecule has 7 heteroatoms. The van der Waals surface area contributed by atoms with Gasteiger partial charge >= 0.3 is 0 Å². The van der Waals surface area contributed by atoms with Crippen LogP contribution in [0.3, 0.4) is 0 Å². The van der Waals surface area contributed by atoms with E-state index in [0.717, 1.165) is 20.1 Å². The highest BCUT2D eigenvalue weighted by Crippen LogP contribution is 2.29. The van der Waals surface area contributed by atoms with Crippen molar-refractivity contribution in [2.24, 2.45) is 0 Å². The summed E-state index contributed by atoms with van der Waals surface area (Å²) in [6.07, 6.45) is 0. The minimum atomic E-state index is -0.146. The highest BCUT2D eigenvalue weighted by atomic mass is 32.2. The molecule has 0 radical (unpaired) electrons. The summed E-state index contributed by atoms with van der Waals surface area (Å²) >= 11 is 3.01. The van der Waals surface area contributed by atoms with Crippen LogP contribution in [-0.4, -0.2) is 29.6 Å². The Labute approximate surface area is 153 Å². The van der Waals surface area contributed by atoms with Crippen LogP contribution in [0, 0.1) is 6.92 Å². The van der Waals surface area contributed by atoms with E-state index >= 15 is 0 Å². The van der Waals surface area contributed by atoms with Gasteiger partial charge in [-0.1, -0.05) is 23.9 Å². The Morgan fingerprint density at radius 1 is 1.20 bits per heavy atom. The van der Waals surface area contributed by atoms with Crippen molar-refractivity contribution in [1.29, 1.82) is 0 Å². The van der Waals surface area contributed by atoms with Crippen LogP contribution in [0.5, 0.6) is 0 Å². The Hall–Kier alpha value is -2.38. The zero-order valence-corrected chi connectivity index (χ0v) is 15.5. The largest absolute Gasteiger partial charge is 0.355 e. The molecule has 0 unspecified atom stereocenters. The number of carbonyl (C=O) groups is 2. The van der Waals surface area contributed by atoms with Gasteiger partial charge in [0.2, 0.25) is 5.91 Å². The first-order valence-corrected chi connectivity index (χ1v) is 9.48. The van der Waals surface area contributed by atoms with Gasteiger partial charge < -0.3 is 10.6 Å². The number of anilines is 1. The number of hydrogen-bond donors (Lipinski definition) is 2. The van der Waals surface area contributed by atoms with Crippen LogP contribution < -0.4 is 10.6 Å². The first-order valence-electron chi connectivity index (χ1n) is 7.68. The highest BCUT2D eigenvalue weighted by Gasteiger charge is 2.10. The second-order valence-electron chi connectivity index (χ2n) is 5.39. The summed E-state index contributed by atoms with van der Waals surface area (Å²) in [7, 11) is 1.59. The first-order chi connectivity index (χ1) is 12.1. The number of thiazole rings is 1. The molecule has 0 fully saturated rings. The molecule has 0 saturated heterocycles. The SMILES string of the molecule is CNC(=O)c1ccc(NC(=O)CSc2nc3ccccc3s2)c(C)c1. The molecule has 3 aromatic rings. The topological polar surface area (TPSA) is 71.1 Å². The Morgan fingerprint density at radius 3 is 2.72 bits per heavy atom. The number of fused-ring (bicyclic) bond motifs is 1. The third-order valence-electron chi connectivity index (χ3n) is 3.59. The predicted molar refractivity (Wildman–Crippen MR) is 104 cm³/mol. The van der Waals surface area contributed by atoms with Crippen molar-refractivity contribution >= 4 is 50.8 Å². The average Bonchev–Trinajstić information content (AvgIpc) is 3.04. The molecular formula is C18H17N3O2S2. The molecule has 0 spiro atoms. The second-order valence-corrected chi connectivity index (χ2v) is 7.65. The minimum Gasteiger partial charge on any atom is -0.355 e. The summed E-state index contributed by atoms with van der Waals surface area (Å²) in [6, 6.07) is 13.1. The van der Waals surface area contributed by atoms with Gasteiger partial charge in [0, 0.05) is 18.3 Å². The maximum atomic E-state index is 12.2. The summed E-state index contributed by atoms with van der Waals surface area (Å²) in [5.41, 5.74) is 3.08. The molecular weight excluding hydrogens is 354 g/mol. The van der Waals surface area contributed by atoms with Crippen LogP contribution in [0.4, 0.5) is 5.69 Å². The van der Waals surface area contributed by atoms with Gasteiger partial charge in [0.1, 0.15) is 0 Å². The fraction of sp³-hybridized carbons (Fsp3) is 0.167. The van der Waals surface area contributed by atoms with E-state index < -0.39 is 0 Å². The molecule has 0 aliphatic rings. The monoisotopic (exact) mass is 371 g/mol. The smallest absolute Gasteiger partial charge is 0.251 e. The van der Waals surface area contributed by atoms with Crippen molar-refractivity contribution in [2.75, 3.05) is 18.1 Å². The molecule has 0 aliphatic carbocycles. The fourth-order valence-corrected chi connectivity index (χ4v) is 4.18. The molecule has 0 bridgehead atoms. The third kappa shape index (κ3) is 4.18. The molecule has 128 valence electrons. The normalized spacial score (nSPS) is 10.6. The second kappa shape index (κ2) is 7.67. The van der Waals surface area contributed by atoms with Crippen molar-refractivity contribution in [1.82, 2.24) is 10.3 Å². The number of para-hydroxylation sites is 1. The lowest BCUT2D eigenvalue weighted by atomic mass is 10.1.